The van der Waals surface area contributed by atoms with Gasteiger partial charge in [0.2, 0.25) is 0 Å². The molecule has 1 amide bonds. The molecule has 4 N–H and O–H groups in total. The molecule has 4 rings (SSSR count). The van der Waals surface area contributed by atoms with Gasteiger partial charge in [-0.2, -0.15) is 0 Å². The minimum absolute atomic E-state index is 0.236. The molecule has 2 aromatic heterocycles. The van der Waals surface area contributed by atoms with E-state index in [0.29, 0.717) is 23.7 Å². The number of hydrogen-bond acceptors (Lipinski definition) is 5. The van der Waals surface area contributed by atoms with Crippen molar-refractivity contribution in [2.45, 2.75) is 38.1 Å². The maximum atomic E-state index is 12.9. The number of benzene rings is 1. The average Bonchev–Trinajstić information content (AvgIpc) is 3.45. The predicted molar refractivity (Wildman–Crippen MR) is 119 cm³/mol. The SMILES string of the molecule is CN=CC(=CN)c1cccc(CNC(=O)c2nccc3[nH]c(C4CCCC4)nc23)c1. The fraction of sp³-hybridized carbons (Fsp3) is 0.304. The number of aromatic nitrogens is 3. The Labute approximate surface area is 175 Å². The number of nitrogens with one attached hydrogen (secondary N) is 2. The maximum Gasteiger partial charge on any atom is 0.272 e. The van der Waals surface area contributed by atoms with Gasteiger partial charge in [-0.1, -0.05) is 31.0 Å². The second-order valence-electron chi connectivity index (χ2n) is 7.55. The van der Waals surface area contributed by atoms with Gasteiger partial charge in [0, 0.05) is 43.7 Å². The summed E-state index contributed by atoms with van der Waals surface area (Å²) in [5.41, 5.74) is 10.3. The molecule has 0 bridgehead atoms. The molecule has 0 aliphatic heterocycles. The van der Waals surface area contributed by atoms with Gasteiger partial charge >= 0.3 is 0 Å². The fourth-order valence-corrected chi connectivity index (χ4v) is 3.99. The van der Waals surface area contributed by atoms with Gasteiger partial charge in [-0.05, 0) is 36.1 Å². The maximum absolute atomic E-state index is 12.9. The van der Waals surface area contributed by atoms with E-state index in [4.69, 9.17) is 10.7 Å². The molecule has 7 nitrogen and oxygen atoms in total. The second-order valence-corrected chi connectivity index (χ2v) is 7.55. The van der Waals surface area contributed by atoms with Gasteiger partial charge in [0.25, 0.3) is 5.91 Å². The minimum atomic E-state index is -0.236. The molecule has 1 aliphatic carbocycles. The lowest BCUT2D eigenvalue weighted by Crippen LogP contribution is -2.24. The number of carbonyl (C=O) groups is 1. The summed E-state index contributed by atoms with van der Waals surface area (Å²) >= 11 is 0. The summed E-state index contributed by atoms with van der Waals surface area (Å²) in [6, 6.07) is 9.72. The number of hydrogen-bond donors (Lipinski definition) is 3. The predicted octanol–water partition coefficient (Wildman–Crippen LogP) is 3.55. The molecule has 2 heterocycles. The molecule has 1 aromatic carbocycles. The lowest BCUT2D eigenvalue weighted by Gasteiger charge is -2.08. The topological polar surface area (TPSA) is 109 Å². The number of carbonyl (C=O) groups excluding carboxylic acids is 1. The van der Waals surface area contributed by atoms with E-state index in [2.05, 4.69) is 20.3 Å². The molecule has 3 aromatic rings. The van der Waals surface area contributed by atoms with Crippen molar-refractivity contribution in [2.75, 3.05) is 7.05 Å². The Morgan fingerprint density at radius 2 is 2.17 bits per heavy atom. The number of aromatic amines is 1. The summed E-state index contributed by atoms with van der Waals surface area (Å²) in [6.07, 6.45) is 9.64. The zero-order valence-corrected chi connectivity index (χ0v) is 17.1. The van der Waals surface area contributed by atoms with Crippen LogP contribution in [0.3, 0.4) is 0 Å². The zero-order valence-electron chi connectivity index (χ0n) is 17.1. The molecule has 154 valence electrons. The molecule has 1 fully saturated rings. The van der Waals surface area contributed by atoms with Crippen molar-refractivity contribution in [3.05, 3.63) is 65.4 Å². The number of rotatable bonds is 6. The standard InChI is InChI=1S/C23H26N6O/c1-25-14-18(12-24)17-8-4-5-15(11-17)13-27-23(30)21-20-19(9-10-26-21)28-22(29-20)16-6-2-3-7-16/h4-5,8-12,14,16H,2-3,6-7,13,24H2,1H3,(H,27,30)(H,28,29). The number of fused-ring (bicyclic) bond motifs is 1. The molecule has 1 saturated carbocycles. The molecule has 30 heavy (non-hydrogen) atoms. The highest BCUT2D eigenvalue weighted by Gasteiger charge is 2.22. The Kier molecular flexibility index (Phi) is 5.88. The average molecular weight is 403 g/mol. The lowest BCUT2D eigenvalue weighted by molar-refractivity contribution is 0.0947. The van der Waals surface area contributed by atoms with Crippen LogP contribution in [-0.4, -0.2) is 34.1 Å². The van der Waals surface area contributed by atoms with Crippen LogP contribution in [0, 0.1) is 0 Å². The summed E-state index contributed by atoms with van der Waals surface area (Å²) in [6.45, 7) is 0.381. The van der Waals surface area contributed by atoms with Crippen LogP contribution in [0.4, 0.5) is 0 Å². The summed E-state index contributed by atoms with van der Waals surface area (Å²) < 4.78 is 0. The molecule has 0 unspecified atom stereocenters. The fourth-order valence-electron chi connectivity index (χ4n) is 3.99. The Morgan fingerprint density at radius 1 is 1.33 bits per heavy atom. The van der Waals surface area contributed by atoms with Crippen LogP contribution in [0.2, 0.25) is 0 Å². The molecular formula is C23H26N6O. The third-order valence-electron chi connectivity index (χ3n) is 5.54. The van der Waals surface area contributed by atoms with E-state index < -0.39 is 0 Å². The number of nitrogens with zero attached hydrogens (tertiary/aromatic N) is 3. The Hall–Kier alpha value is -3.48. The van der Waals surface area contributed by atoms with E-state index in [9.17, 15) is 4.79 Å². The number of nitrogens with two attached hydrogens (primary N) is 1. The van der Waals surface area contributed by atoms with Crippen LogP contribution >= 0.6 is 0 Å². The number of aliphatic imine (C=N–C) groups is 1. The summed E-state index contributed by atoms with van der Waals surface area (Å²) in [5, 5.41) is 2.96. The van der Waals surface area contributed by atoms with Gasteiger partial charge < -0.3 is 16.0 Å². The first kappa shape index (κ1) is 19.8. The van der Waals surface area contributed by atoms with Gasteiger partial charge in [0.1, 0.15) is 11.3 Å². The number of imidazole rings is 1. The van der Waals surface area contributed by atoms with Crippen molar-refractivity contribution in [1.82, 2.24) is 20.3 Å². The first-order valence-electron chi connectivity index (χ1n) is 10.3. The largest absolute Gasteiger partial charge is 0.404 e. The second kappa shape index (κ2) is 8.90. The van der Waals surface area contributed by atoms with Gasteiger partial charge in [-0.15, -0.1) is 0 Å². The molecule has 0 saturated heterocycles. The van der Waals surface area contributed by atoms with E-state index >= 15 is 0 Å². The highest BCUT2D eigenvalue weighted by molar-refractivity contribution is 6.09. The van der Waals surface area contributed by atoms with E-state index in [1.807, 2.05) is 30.3 Å². The normalized spacial score (nSPS) is 15.3. The van der Waals surface area contributed by atoms with Crippen molar-refractivity contribution in [3.8, 4) is 0 Å². The number of pyridine rings is 1. The Balaban J connectivity index is 1.51. The third-order valence-corrected chi connectivity index (χ3v) is 5.54. The highest BCUT2D eigenvalue weighted by atomic mass is 16.1. The van der Waals surface area contributed by atoms with Gasteiger partial charge in [-0.3, -0.25) is 9.79 Å². The van der Waals surface area contributed by atoms with Crippen LogP contribution < -0.4 is 11.1 Å². The molecule has 0 radical (unpaired) electrons. The molecule has 7 heteroatoms. The van der Waals surface area contributed by atoms with Crippen LogP contribution in [0.5, 0.6) is 0 Å². The quantitative estimate of drug-likeness (QED) is 0.548. The van der Waals surface area contributed by atoms with Crippen LogP contribution in [-0.2, 0) is 6.54 Å². The van der Waals surface area contributed by atoms with Gasteiger partial charge in [0.15, 0.2) is 5.69 Å². The van der Waals surface area contributed by atoms with Crippen LogP contribution in [0.1, 0.15) is 59.0 Å². The van der Waals surface area contributed by atoms with E-state index in [1.165, 1.54) is 19.0 Å². The lowest BCUT2D eigenvalue weighted by atomic mass is 10.0. The monoisotopic (exact) mass is 402 g/mol. The van der Waals surface area contributed by atoms with Crippen molar-refractivity contribution in [1.29, 1.82) is 0 Å². The molecule has 0 atom stereocenters. The summed E-state index contributed by atoms with van der Waals surface area (Å²) in [5.74, 6) is 1.18. The van der Waals surface area contributed by atoms with Gasteiger partial charge in [0.05, 0.1) is 5.52 Å². The van der Waals surface area contributed by atoms with E-state index in [1.54, 1.807) is 19.5 Å². The first-order valence-corrected chi connectivity index (χ1v) is 10.3. The van der Waals surface area contributed by atoms with Crippen molar-refractivity contribution < 1.29 is 4.79 Å². The summed E-state index contributed by atoms with van der Waals surface area (Å²) in [7, 11) is 1.70. The third kappa shape index (κ3) is 4.10. The smallest absolute Gasteiger partial charge is 0.272 e. The first-order chi connectivity index (χ1) is 14.7. The van der Waals surface area contributed by atoms with Crippen molar-refractivity contribution in [2.24, 2.45) is 10.7 Å². The Morgan fingerprint density at radius 3 is 2.93 bits per heavy atom. The minimum Gasteiger partial charge on any atom is -0.404 e. The van der Waals surface area contributed by atoms with E-state index in [-0.39, 0.29) is 5.91 Å². The Bertz CT molecular complexity index is 1110. The molecular weight excluding hydrogens is 376 g/mol. The zero-order chi connectivity index (χ0) is 20.9. The van der Waals surface area contributed by atoms with Crippen LogP contribution in [0.15, 0.2) is 47.7 Å². The van der Waals surface area contributed by atoms with Gasteiger partial charge in [-0.25, -0.2) is 9.97 Å². The number of allylic oxidation sites excluding steroid dienone is 1. The highest BCUT2D eigenvalue weighted by Crippen LogP contribution is 2.33. The van der Waals surface area contributed by atoms with Crippen LogP contribution in [0.25, 0.3) is 16.6 Å². The molecule has 0 spiro atoms. The number of H-pyrrole nitrogens is 1. The van der Waals surface area contributed by atoms with Crippen molar-refractivity contribution >= 4 is 28.7 Å². The van der Waals surface area contributed by atoms with E-state index in [0.717, 1.165) is 40.9 Å². The molecule has 1 aliphatic rings. The number of amides is 1. The van der Waals surface area contributed by atoms with Crippen molar-refractivity contribution in [3.63, 3.8) is 0 Å². The summed E-state index contributed by atoms with van der Waals surface area (Å²) in [4.78, 5) is 29.3.